The molecule has 1 aliphatic rings. The molecule has 146 valence electrons. The smallest absolute Gasteiger partial charge is 0.263 e. The van der Waals surface area contributed by atoms with Crippen LogP contribution in [-0.4, -0.2) is 63.6 Å². The number of likely N-dealkylation sites (N-methyl/N-ethyl adjacent to an activating group) is 1. The average Bonchev–Trinajstić information content (AvgIpc) is 2.98. The Morgan fingerprint density at radius 2 is 1.93 bits per heavy atom. The second-order valence-corrected chi connectivity index (χ2v) is 6.56. The van der Waals surface area contributed by atoms with Crippen LogP contribution in [0.3, 0.4) is 0 Å². The zero-order valence-corrected chi connectivity index (χ0v) is 15.1. The minimum Gasteiger partial charge on any atom is -0.381 e. The molecule has 0 atom stereocenters. The summed E-state index contributed by atoms with van der Waals surface area (Å²) in [6.45, 7) is 2.76. The van der Waals surface area contributed by atoms with Crippen LogP contribution in [-0.2, 0) is 0 Å². The largest absolute Gasteiger partial charge is 0.381 e. The average molecular weight is 388 g/mol. The predicted molar refractivity (Wildman–Crippen MR) is 99.2 cm³/mol. The van der Waals surface area contributed by atoms with Gasteiger partial charge in [-0.1, -0.05) is 0 Å². The molecule has 4 rings (SSSR count). The fourth-order valence-corrected chi connectivity index (χ4v) is 3.20. The zero-order chi connectivity index (χ0) is 19.8. The number of piperazine rings is 1. The lowest BCUT2D eigenvalue weighted by Crippen LogP contribution is -2.45. The fraction of sp³-hybridized carbons (Fsp3) is 0.294. The van der Waals surface area contributed by atoms with Gasteiger partial charge in [0.05, 0.1) is 30.5 Å². The molecule has 1 amide bonds. The second-order valence-electron chi connectivity index (χ2n) is 6.56. The third kappa shape index (κ3) is 3.20. The number of hydrogen-bond donors (Lipinski definition) is 2. The number of amides is 1. The van der Waals surface area contributed by atoms with Crippen molar-refractivity contribution in [3.05, 3.63) is 42.0 Å². The highest BCUT2D eigenvalue weighted by Gasteiger charge is 2.25. The Bertz CT molecular complexity index is 1050. The summed E-state index contributed by atoms with van der Waals surface area (Å²) in [7, 11) is 1.99. The maximum Gasteiger partial charge on any atom is 0.263 e. The Kier molecular flexibility index (Phi) is 4.51. The highest BCUT2D eigenvalue weighted by Crippen LogP contribution is 2.30. The molecule has 1 fully saturated rings. The van der Waals surface area contributed by atoms with E-state index in [2.05, 4.69) is 25.3 Å². The van der Waals surface area contributed by atoms with Crippen LogP contribution in [0.15, 0.2) is 24.8 Å². The molecule has 0 unspecified atom stereocenters. The summed E-state index contributed by atoms with van der Waals surface area (Å²) in [5.74, 6) is -1.89. The molecule has 9 nitrogen and oxygen atoms in total. The molecule has 4 heterocycles. The first-order valence-electron chi connectivity index (χ1n) is 8.61. The lowest BCUT2D eigenvalue weighted by molar-refractivity contribution is 0.102. The van der Waals surface area contributed by atoms with E-state index >= 15 is 0 Å². The van der Waals surface area contributed by atoms with Crippen molar-refractivity contribution >= 4 is 28.7 Å². The molecular formula is C17H18F2N8O. The molecule has 3 aromatic heterocycles. The van der Waals surface area contributed by atoms with E-state index in [0.29, 0.717) is 13.1 Å². The van der Waals surface area contributed by atoms with E-state index in [9.17, 15) is 13.6 Å². The summed E-state index contributed by atoms with van der Waals surface area (Å²) in [4.78, 5) is 24.6. The van der Waals surface area contributed by atoms with E-state index in [1.807, 2.05) is 11.9 Å². The standard InChI is InChI=1S/C17H18F2N8O/c1-25-2-4-26(5-3-25)14-11(19)7-21-8-12(14)23-17(28)13-15(20)24-27-9-10(18)6-22-16(13)27/h6-9H,2-5H2,1H3,(H2,20,24)(H,23,28). The highest BCUT2D eigenvalue weighted by atomic mass is 19.1. The van der Waals surface area contributed by atoms with Gasteiger partial charge in [-0.05, 0) is 7.05 Å². The van der Waals surface area contributed by atoms with Gasteiger partial charge in [-0.25, -0.2) is 18.3 Å². The van der Waals surface area contributed by atoms with Crippen LogP contribution in [0.2, 0.25) is 0 Å². The molecule has 0 saturated carbocycles. The number of carbonyl (C=O) groups excluding carboxylic acids is 1. The van der Waals surface area contributed by atoms with E-state index in [1.54, 1.807) is 0 Å². The fourth-order valence-electron chi connectivity index (χ4n) is 3.20. The molecule has 3 N–H and O–H groups in total. The zero-order valence-electron chi connectivity index (χ0n) is 15.1. The number of fused-ring (bicyclic) bond motifs is 1. The van der Waals surface area contributed by atoms with Crippen molar-refractivity contribution in [2.24, 2.45) is 0 Å². The molecule has 0 spiro atoms. The lowest BCUT2D eigenvalue weighted by atomic mass is 10.2. The number of aromatic nitrogens is 4. The molecular weight excluding hydrogens is 370 g/mol. The van der Waals surface area contributed by atoms with Gasteiger partial charge in [0.1, 0.15) is 11.3 Å². The van der Waals surface area contributed by atoms with Gasteiger partial charge in [0.15, 0.2) is 23.1 Å². The molecule has 0 radical (unpaired) electrons. The molecule has 1 saturated heterocycles. The minimum atomic E-state index is -0.630. The van der Waals surface area contributed by atoms with Crippen molar-refractivity contribution in [1.82, 2.24) is 24.5 Å². The third-order valence-corrected chi connectivity index (χ3v) is 4.64. The van der Waals surface area contributed by atoms with Gasteiger partial charge in [0, 0.05) is 26.2 Å². The Hall–Kier alpha value is -3.34. The number of rotatable bonds is 3. The molecule has 1 aliphatic heterocycles. The number of nitrogens with two attached hydrogens (primary N) is 1. The van der Waals surface area contributed by atoms with E-state index in [-0.39, 0.29) is 28.4 Å². The van der Waals surface area contributed by atoms with Gasteiger partial charge in [-0.2, -0.15) is 0 Å². The van der Waals surface area contributed by atoms with Crippen molar-refractivity contribution in [2.45, 2.75) is 0 Å². The Labute approximate surface area is 158 Å². The summed E-state index contributed by atoms with van der Waals surface area (Å²) >= 11 is 0. The van der Waals surface area contributed by atoms with E-state index in [1.165, 1.54) is 6.20 Å². The number of anilines is 3. The van der Waals surface area contributed by atoms with Gasteiger partial charge >= 0.3 is 0 Å². The molecule has 28 heavy (non-hydrogen) atoms. The maximum absolute atomic E-state index is 14.5. The summed E-state index contributed by atoms with van der Waals surface area (Å²) in [6.07, 6.45) is 4.52. The van der Waals surface area contributed by atoms with Gasteiger partial charge in [0.25, 0.3) is 5.91 Å². The van der Waals surface area contributed by atoms with E-state index in [0.717, 1.165) is 36.2 Å². The number of pyridine rings is 1. The number of nitrogens with zero attached hydrogens (tertiary/aromatic N) is 6. The van der Waals surface area contributed by atoms with Crippen LogP contribution in [0.1, 0.15) is 10.4 Å². The number of hydrogen-bond acceptors (Lipinski definition) is 7. The summed E-state index contributed by atoms with van der Waals surface area (Å²) in [6, 6.07) is 0. The van der Waals surface area contributed by atoms with Gasteiger partial charge < -0.3 is 20.9 Å². The first kappa shape index (κ1) is 18.0. The predicted octanol–water partition coefficient (Wildman–Crippen LogP) is 0.989. The lowest BCUT2D eigenvalue weighted by Gasteiger charge is -2.35. The van der Waals surface area contributed by atoms with Gasteiger partial charge in [-0.15, -0.1) is 5.10 Å². The van der Waals surface area contributed by atoms with E-state index < -0.39 is 17.5 Å². The molecule has 0 bridgehead atoms. The quantitative estimate of drug-likeness (QED) is 0.689. The van der Waals surface area contributed by atoms with Crippen molar-refractivity contribution in [2.75, 3.05) is 49.2 Å². The van der Waals surface area contributed by atoms with Crippen LogP contribution >= 0.6 is 0 Å². The van der Waals surface area contributed by atoms with Crippen LogP contribution in [0.4, 0.5) is 26.0 Å². The second kappa shape index (κ2) is 7.00. The number of nitrogen functional groups attached to an aromatic ring is 1. The first-order chi connectivity index (χ1) is 13.4. The summed E-state index contributed by atoms with van der Waals surface area (Å²) < 4.78 is 29.0. The van der Waals surface area contributed by atoms with Gasteiger partial charge in [0.2, 0.25) is 0 Å². The van der Waals surface area contributed by atoms with Crippen LogP contribution in [0.25, 0.3) is 5.65 Å². The van der Waals surface area contributed by atoms with Crippen LogP contribution in [0, 0.1) is 11.6 Å². The van der Waals surface area contributed by atoms with Crippen molar-refractivity contribution in [3.63, 3.8) is 0 Å². The van der Waals surface area contributed by atoms with Crippen LogP contribution in [0.5, 0.6) is 0 Å². The number of nitrogens with one attached hydrogen (secondary N) is 1. The number of carbonyl (C=O) groups is 1. The van der Waals surface area contributed by atoms with Crippen molar-refractivity contribution < 1.29 is 13.6 Å². The van der Waals surface area contributed by atoms with Gasteiger partial charge in [-0.3, -0.25) is 9.78 Å². The normalized spacial score (nSPS) is 15.2. The van der Waals surface area contributed by atoms with Crippen molar-refractivity contribution in [1.29, 1.82) is 0 Å². The Morgan fingerprint density at radius 3 is 2.68 bits per heavy atom. The molecule has 11 heteroatoms. The Morgan fingerprint density at radius 1 is 1.18 bits per heavy atom. The van der Waals surface area contributed by atoms with Crippen molar-refractivity contribution in [3.8, 4) is 0 Å². The first-order valence-corrected chi connectivity index (χ1v) is 8.61. The SMILES string of the molecule is CN1CCN(c2c(F)cncc2NC(=O)c2c(N)nn3cc(F)cnc23)CC1. The molecule has 3 aromatic rings. The van der Waals surface area contributed by atoms with Crippen LogP contribution < -0.4 is 16.0 Å². The highest BCUT2D eigenvalue weighted by molar-refractivity contribution is 6.12. The summed E-state index contributed by atoms with van der Waals surface area (Å²) in [5.41, 5.74) is 6.39. The maximum atomic E-state index is 14.5. The molecule has 0 aromatic carbocycles. The van der Waals surface area contributed by atoms with E-state index in [4.69, 9.17) is 5.73 Å². The monoisotopic (exact) mass is 388 g/mol. The molecule has 0 aliphatic carbocycles. The Balaban J connectivity index is 1.68. The minimum absolute atomic E-state index is 0.0198. The summed E-state index contributed by atoms with van der Waals surface area (Å²) in [5, 5.41) is 6.55. The topological polar surface area (TPSA) is 105 Å². The number of halogens is 2. The third-order valence-electron chi connectivity index (χ3n) is 4.64.